The normalized spacial score (nSPS) is 13.4. The first-order chi connectivity index (χ1) is 7.66. The van der Waals surface area contributed by atoms with Crippen molar-refractivity contribution in [3.05, 3.63) is 24.3 Å². The molecular weight excluding hydrogens is 222 g/mol. The number of aromatic nitrogens is 2. The zero-order valence-corrected chi connectivity index (χ0v) is 10.3. The Morgan fingerprint density at radius 1 is 1.38 bits per heavy atom. The largest absolute Gasteiger partial charge is 0.331 e. The van der Waals surface area contributed by atoms with Crippen LogP contribution in [0.4, 0.5) is 0 Å². The van der Waals surface area contributed by atoms with Crippen molar-refractivity contribution in [2.75, 3.05) is 26.4 Å². The van der Waals surface area contributed by atoms with Gasteiger partial charge in [-0.3, -0.25) is 4.21 Å². The number of benzene rings is 1. The zero-order chi connectivity index (χ0) is 11.5. The SMILES string of the molecule is CN(C)CCS(=O)c1nc2ccccc2[nH]1. The Labute approximate surface area is 97.1 Å². The van der Waals surface area contributed by atoms with Crippen molar-refractivity contribution in [2.45, 2.75) is 5.16 Å². The smallest absolute Gasteiger partial charge is 0.197 e. The van der Waals surface area contributed by atoms with Crippen molar-refractivity contribution in [3.63, 3.8) is 0 Å². The van der Waals surface area contributed by atoms with Crippen LogP contribution < -0.4 is 0 Å². The molecule has 0 aliphatic carbocycles. The van der Waals surface area contributed by atoms with Crippen LogP contribution in [-0.4, -0.2) is 45.5 Å². The summed E-state index contributed by atoms with van der Waals surface area (Å²) >= 11 is 0. The van der Waals surface area contributed by atoms with Crippen LogP contribution in [0.15, 0.2) is 29.4 Å². The topological polar surface area (TPSA) is 49.0 Å². The van der Waals surface area contributed by atoms with Gasteiger partial charge in [0.15, 0.2) is 5.16 Å². The van der Waals surface area contributed by atoms with Gasteiger partial charge in [0.05, 0.1) is 21.8 Å². The molecule has 4 nitrogen and oxygen atoms in total. The summed E-state index contributed by atoms with van der Waals surface area (Å²) in [6.45, 7) is 0.795. The van der Waals surface area contributed by atoms with Crippen molar-refractivity contribution in [2.24, 2.45) is 0 Å². The van der Waals surface area contributed by atoms with Gasteiger partial charge in [0, 0.05) is 12.3 Å². The highest BCUT2D eigenvalue weighted by molar-refractivity contribution is 7.84. The van der Waals surface area contributed by atoms with Crippen molar-refractivity contribution in [3.8, 4) is 0 Å². The number of rotatable bonds is 4. The molecule has 0 aliphatic rings. The molecule has 0 amide bonds. The summed E-state index contributed by atoms with van der Waals surface area (Å²) in [6, 6.07) is 7.72. The summed E-state index contributed by atoms with van der Waals surface area (Å²) in [5.74, 6) is 0.604. The van der Waals surface area contributed by atoms with Crippen LogP contribution in [0, 0.1) is 0 Å². The molecule has 0 saturated carbocycles. The van der Waals surface area contributed by atoms with Crippen molar-refractivity contribution in [1.82, 2.24) is 14.9 Å². The first-order valence-electron chi connectivity index (χ1n) is 5.14. The molecule has 86 valence electrons. The minimum absolute atomic E-state index is 0.572. The Balaban J connectivity index is 2.17. The molecule has 1 atom stereocenters. The van der Waals surface area contributed by atoms with Gasteiger partial charge >= 0.3 is 0 Å². The lowest BCUT2D eigenvalue weighted by atomic mass is 10.3. The van der Waals surface area contributed by atoms with E-state index in [1.807, 2.05) is 43.3 Å². The van der Waals surface area contributed by atoms with E-state index in [0.717, 1.165) is 17.6 Å². The molecule has 1 aromatic carbocycles. The van der Waals surface area contributed by atoms with E-state index < -0.39 is 10.8 Å². The average molecular weight is 237 g/mol. The summed E-state index contributed by atoms with van der Waals surface area (Å²) in [7, 11) is 2.89. The highest BCUT2D eigenvalue weighted by Gasteiger charge is 2.09. The van der Waals surface area contributed by atoms with Crippen molar-refractivity contribution >= 4 is 21.8 Å². The van der Waals surface area contributed by atoms with Crippen molar-refractivity contribution < 1.29 is 4.21 Å². The second-order valence-electron chi connectivity index (χ2n) is 3.91. The third-order valence-electron chi connectivity index (χ3n) is 2.31. The van der Waals surface area contributed by atoms with Gasteiger partial charge in [-0.25, -0.2) is 4.98 Å². The first kappa shape index (κ1) is 11.3. The van der Waals surface area contributed by atoms with Gasteiger partial charge in [-0.1, -0.05) is 12.1 Å². The number of imidazole rings is 1. The Morgan fingerprint density at radius 3 is 2.81 bits per heavy atom. The summed E-state index contributed by atoms with van der Waals surface area (Å²) in [5.41, 5.74) is 1.81. The molecule has 0 fully saturated rings. The van der Waals surface area contributed by atoms with Crippen LogP contribution in [0.25, 0.3) is 11.0 Å². The number of fused-ring (bicyclic) bond motifs is 1. The highest BCUT2D eigenvalue weighted by Crippen LogP contribution is 2.12. The number of para-hydroxylation sites is 2. The summed E-state index contributed by atoms with van der Waals surface area (Å²) in [4.78, 5) is 9.42. The molecule has 0 bridgehead atoms. The van der Waals surface area contributed by atoms with Crippen LogP contribution in [0.2, 0.25) is 0 Å². The number of nitrogens with one attached hydrogen (secondary N) is 1. The summed E-state index contributed by atoms with van der Waals surface area (Å²) in [5, 5.41) is 0.572. The maximum absolute atomic E-state index is 11.9. The van der Waals surface area contributed by atoms with E-state index in [-0.39, 0.29) is 0 Å². The number of nitrogens with zero attached hydrogens (tertiary/aromatic N) is 2. The molecule has 0 saturated heterocycles. The predicted molar refractivity (Wildman–Crippen MR) is 65.9 cm³/mol. The van der Waals surface area contributed by atoms with Crippen LogP contribution in [0.1, 0.15) is 0 Å². The number of aromatic amines is 1. The van der Waals surface area contributed by atoms with Crippen molar-refractivity contribution in [1.29, 1.82) is 0 Å². The van der Waals surface area contributed by atoms with Crippen LogP contribution in [0.5, 0.6) is 0 Å². The Bertz CT molecular complexity index is 474. The van der Waals surface area contributed by atoms with E-state index in [1.54, 1.807) is 0 Å². The van der Waals surface area contributed by atoms with E-state index in [2.05, 4.69) is 9.97 Å². The maximum Gasteiger partial charge on any atom is 0.197 e. The molecule has 2 aromatic rings. The van der Waals surface area contributed by atoms with Crippen LogP contribution in [-0.2, 0) is 10.8 Å². The van der Waals surface area contributed by atoms with Gasteiger partial charge in [-0.05, 0) is 26.2 Å². The Kier molecular flexibility index (Phi) is 3.36. The maximum atomic E-state index is 11.9. The highest BCUT2D eigenvalue weighted by atomic mass is 32.2. The predicted octanol–water partition coefficient (Wildman–Crippen LogP) is 1.23. The van der Waals surface area contributed by atoms with E-state index in [1.165, 1.54) is 0 Å². The Morgan fingerprint density at radius 2 is 2.12 bits per heavy atom. The lowest BCUT2D eigenvalue weighted by molar-refractivity contribution is 0.435. The van der Waals surface area contributed by atoms with Gasteiger partial charge in [-0.2, -0.15) is 0 Å². The summed E-state index contributed by atoms with van der Waals surface area (Å²) in [6.07, 6.45) is 0. The fraction of sp³-hybridized carbons (Fsp3) is 0.364. The summed E-state index contributed by atoms with van der Waals surface area (Å²) < 4.78 is 11.9. The molecule has 1 N–H and O–H groups in total. The molecule has 16 heavy (non-hydrogen) atoms. The number of hydrogen-bond acceptors (Lipinski definition) is 3. The fourth-order valence-electron chi connectivity index (χ4n) is 1.40. The standard InChI is InChI=1S/C11H15N3OS/c1-14(2)7-8-16(15)11-12-9-5-3-4-6-10(9)13-11/h3-6H,7-8H2,1-2H3,(H,12,13). The monoisotopic (exact) mass is 237 g/mol. The number of hydrogen-bond donors (Lipinski definition) is 1. The minimum Gasteiger partial charge on any atom is -0.331 e. The molecule has 0 spiro atoms. The van der Waals surface area contributed by atoms with Gasteiger partial charge in [0.2, 0.25) is 0 Å². The Hall–Kier alpha value is -1.20. The first-order valence-corrected chi connectivity index (χ1v) is 6.46. The van der Waals surface area contributed by atoms with Crippen LogP contribution in [0.3, 0.4) is 0 Å². The third kappa shape index (κ3) is 2.48. The average Bonchev–Trinajstić information content (AvgIpc) is 2.69. The molecular formula is C11H15N3OS. The zero-order valence-electron chi connectivity index (χ0n) is 9.43. The van der Waals surface area contributed by atoms with E-state index >= 15 is 0 Å². The van der Waals surface area contributed by atoms with Gasteiger partial charge < -0.3 is 9.88 Å². The lowest BCUT2D eigenvalue weighted by Crippen LogP contribution is -2.19. The molecule has 1 aromatic heterocycles. The molecule has 1 heterocycles. The quantitative estimate of drug-likeness (QED) is 0.870. The molecule has 1 unspecified atom stereocenters. The number of H-pyrrole nitrogens is 1. The minimum atomic E-state index is -1.04. The van der Waals surface area contributed by atoms with Gasteiger partial charge in [-0.15, -0.1) is 0 Å². The second-order valence-corrected chi connectivity index (χ2v) is 5.40. The van der Waals surface area contributed by atoms with E-state index in [0.29, 0.717) is 10.9 Å². The van der Waals surface area contributed by atoms with E-state index in [4.69, 9.17) is 0 Å². The molecule has 0 aliphatic heterocycles. The fourth-order valence-corrected chi connectivity index (χ4v) is 2.55. The molecule has 5 heteroatoms. The molecule has 2 rings (SSSR count). The van der Waals surface area contributed by atoms with E-state index in [9.17, 15) is 4.21 Å². The van der Waals surface area contributed by atoms with Crippen LogP contribution >= 0.6 is 0 Å². The third-order valence-corrected chi connectivity index (χ3v) is 3.49. The van der Waals surface area contributed by atoms with Gasteiger partial charge in [0.25, 0.3) is 0 Å². The molecule has 0 radical (unpaired) electrons. The lowest BCUT2D eigenvalue weighted by Gasteiger charge is -2.07. The van der Waals surface area contributed by atoms with Gasteiger partial charge in [0.1, 0.15) is 0 Å². The second kappa shape index (κ2) is 4.76.